The maximum Gasteiger partial charge on any atom is 0.341 e. The smallest absolute Gasteiger partial charge is 0.341 e. The van der Waals surface area contributed by atoms with E-state index in [1.54, 1.807) is 4.57 Å². The molecule has 0 aliphatic rings. The van der Waals surface area contributed by atoms with E-state index in [0.717, 1.165) is 6.42 Å². The Bertz CT molecular complexity index is 882. The molecule has 23 heavy (non-hydrogen) atoms. The molecule has 2 aromatic rings. The van der Waals surface area contributed by atoms with Crippen LogP contribution in [0.15, 0.2) is 28.0 Å². The van der Waals surface area contributed by atoms with Gasteiger partial charge < -0.3 is 14.7 Å². The molecule has 0 spiro atoms. The lowest BCUT2D eigenvalue weighted by Crippen LogP contribution is -2.34. The molecular weight excluding hydrogens is 296 g/mol. The molecule has 0 unspecified atom stereocenters. The predicted molar refractivity (Wildman–Crippen MR) is 89.2 cm³/mol. The second-order valence-electron chi connectivity index (χ2n) is 7.69. The molecule has 0 aliphatic heterocycles. The highest BCUT2D eigenvalue weighted by Gasteiger charge is 2.29. The maximum atomic E-state index is 12.3. The van der Waals surface area contributed by atoms with Crippen molar-refractivity contribution in [2.45, 2.75) is 46.6 Å². The topological polar surface area (TPSA) is 92.2 Å². The van der Waals surface area contributed by atoms with Crippen LogP contribution in [0.5, 0.6) is 0 Å². The lowest BCUT2D eigenvalue weighted by atomic mass is 9.81. The molecule has 0 bridgehead atoms. The van der Waals surface area contributed by atoms with Crippen LogP contribution in [0.3, 0.4) is 0 Å². The molecule has 0 atom stereocenters. The molecule has 6 nitrogen and oxygen atoms in total. The van der Waals surface area contributed by atoms with Crippen LogP contribution in [-0.4, -0.2) is 20.6 Å². The van der Waals surface area contributed by atoms with Crippen molar-refractivity contribution in [3.63, 3.8) is 0 Å². The number of carboxylic acid groups (broad SMARTS) is 1. The third-order valence-corrected chi connectivity index (χ3v) is 3.76. The molecule has 0 aromatic carbocycles. The van der Waals surface area contributed by atoms with Crippen LogP contribution in [0.1, 0.15) is 51.4 Å². The first-order valence-electron chi connectivity index (χ1n) is 7.44. The van der Waals surface area contributed by atoms with E-state index in [1.807, 2.05) is 13.8 Å². The molecular formula is C17H22N2O4. The van der Waals surface area contributed by atoms with Gasteiger partial charge in [0.05, 0.1) is 10.9 Å². The minimum absolute atomic E-state index is 0.0104. The summed E-state index contributed by atoms with van der Waals surface area (Å²) < 4.78 is 1.73. The van der Waals surface area contributed by atoms with Crippen LogP contribution >= 0.6 is 0 Å². The molecule has 2 aromatic heterocycles. The van der Waals surface area contributed by atoms with Gasteiger partial charge in [-0.25, -0.2) is 4.79 Å². The number of fused-ring (bicyclic) bond motifs is 1. The minimum atomic E-state index is -1.27. The van der Waals surface area contributed by atoms with Crippen molar-refractivity contribution in [1.29, 1.82) is 0 Å². The number of hydrogen-bond donors (Lipinski definition) is 2. The van der Waals surface area contributed by atoms with E-state index in [1.165, 1.54) is 18.5 Å². The predicted octanol–water partition coefficient (Wildman–Crippen LogP) is 2.56. The van der Waals surface area contributed by atoms with Crippen LogP contribution in [-0.2, 0) is 5.54 Å². The van der Waals surface area contributed by atoms with E-state index in [9.17, 15) is 19.5 Å². The second-order valence-corrected chi connectivity index (χ2v) is 7.69. The van der Waals surface area contributed by atoms with E-state index in [4.69, 9.17) is 0 Å². The van der Waals surface area contributed by atoms with Crippen LogP contribution in [0.25, 0.3) is 10.9 Å². The molecule has 0 aliphatic carbocycles. The second kappa shape index (κ2) is 5.37. The highest BCUT2D eigenvalue weighted by molar-refractivity contribution is 5.92. The molecule has 0 amide bonds. The van der Waals surface area contributed by atoms with Gasteiger partial charge in [-0.1, -0.05) is 20.8 Å². The Labute approximate surface area is 133 Å². The van der Waals surface area contributed by atoms with E-state index >= 15 is 0 Å². The molecule has 2 N–H and O–H groups in total. The van der Waals surface area contributed by atoms with Crippen LogP contribution < -0.4 is 11.0 Å². The Morgan fingerprint density at radius 3 is 2.35 bits per heavy atom. The van der Waals surface area contributed by atoms with E-state index in [0.29, 0.717) is 5.52 Å². The van der Waals surface area contributed by atoms with Gasteiger partial charge in [0.1, 0.15) is 5.56 Å². The lowest BCUT2D eigenvalue weighted by Gasteiger charge is -2.36. The highest BCUT2D eigenvalue weighted by atomic mass is 16.4. The summed E-state index contributed by atoms with van der Waals surface area (Å²) in [7, 11) is 0. The van der Waals surface area contributed by atoms with Gasteiger partial charge in [-0.05, 0) is 25.7 Å². The number of H-pyrrole nitrogens is 1. The fourth-order valence-electron chi connectivity index (χ4n) is 3.28. The largest absolute Gasteiger partial charge is 0.477 e. The average molecular weight is 318 g/mol. The van der Waals surface area contributed by atoms with Gasteiger partial charge >= 0.3 is 5.97 Å². The van der Waals surface area contributed by atoms with Crippen LogP contribution in [0, 0.1) is 5.41 Å². The summed E-state index contributed by atoms with van der Waals surface area (Å²) in [5.41, 5.74) is -1.26. The highest BCUT2D eigenvalue weighted by Crippen LogP contribution is 2.33. The molecule has 2 heterocycles. The first-order chi connectivity index (χ1) is 10.4. The Morgan fingerprint density at radius 1 is 1.22 bits per heavy atom. The summed E-state index contributed by atoms with van der Waals surface area (Å²) in [6.07, 6.45) is 3.37. The van der Waals surface area contributed by atoms with Gasteiger partial charge in [-0.2, -0.15) is 0 Å². The summed E-state index contributed by atoms with van der Waals surface area (Å²) in [5.74, 6) is -1.27. The van der Waals surface area contributed by atoms with Crippen LogP contribution in [0.2, 0.25) is 0 Å². The summed E-state index contributed by atoms with van der Waals surface area (Å²) in [6, 6.07) is 1.34. The maximum absolute atomic E-state index is 12.3. The molecule has 0 radical (unpaired) electrons. The number of rotatable bonds is 3. The molecule has 0 saturated heterocycles. The lowest BCUT2D eigenvalue weighted by molar-refractivity contribution is 0.0694. The van der Waals surface area contributed by atoms with Gasteiger partial charge in [0.25, 0.3) is 0 Å². The number of hydrogen-bond acceptors (Lipinski definition) is 3. The van der Waals surface area contributed by atoms with Gasteiger partial charge in [0.2, 0.25) is 11.0 Å². The summed E-state index contributed by atoms with van der Waals surface area (Å²) in [5, 5.41) is 9.52. The standard InChI is InChI=1S/C17H22N2O4/c1-16(2,3)9-17(4,5)19-8-11(15(22)23)14(21)10-7-18-13(20)6-12(10)19/h6-8H,9H2,1-5H3,(H,18,20)(H,22,23). The fourth-order valence-corrected chi connectivity index (χ4v) is 3.28. The number of pyridine rings is 2. The van der Waals surface area contributed by atoms with E-state index < -0.39 is 16.9 Å². The SMILES string of the molecule is CC(C)(C)CC(C)(C)n1cc(C(=O)O)c(=O)c2c[nH]c(=O)cc21. The minimum Gasteiger partial charge on any atom is -0.477 e. The van der Waals surface area contributed by atoms with Crippen molar-refractivity contribution in [3.05, 3.63) is 44.6 Å². The van der Waals surface area contributed by atoms with E-state index in [2.05, 4.69) is 25.8 Å². The zero-order valence-corrected chi connectivity index (χ0v) is 14.1. The van der Waals surface area contributed by atoms with Crippen molar-refractivity contribution >= 4 is 16.9 Å². The molecule has 0 fully saturated rings. The third-order valence-electron chi connectivity index (χ3n) is 3.76. The number of carboxylic acids is 1. The fraction of sp³-hybridized carbons (Fsp3) is 0.471. The molecule has 124 valence electrons. The Balaban J connectivity index is 2.89. The zero-order valence-electron chi connectivity index (χ0n) is 14.1. The van der Waals surface area contributed by atoms with Crippen molar-refractivity contribution in [1.82, 2.24) is 9.55 Å². The Morgan fingerprint density at radius 2 is 1.83 bits per heavy atom. The number of nitrogens with one attached hydrogen (secondary N) is 1. The summed E-state index contributed by atoms with van der Waals surface area (Å²) in [4.78, 5) is 37.9. The quantitative estimate of drug-likeness (QED) is 0.909. The first-order valence-corrected chi connectivity index (χ1v) is 7.44. The summed E-state index contributed by atoms with van der Waals surface area (Å²) in [6.45, 7) is 10.2. The van der Waals surface area contributed by atoms with Crippen molar-refractivity contribution in [2.75, 3.05) is 0 Å². The number of aromatic nitrogens is 2. The van der Waals surface area contributed by atoms with Crippen molar-refractivity contribution in [3.8, 4) is 0 Å². The number of carbonyl (C=O) groups is 1. The number of nitrogens with zero attached hydrogens (tertiary/aromatic N) is 1. The van der Waals surface area contributed by atoms with Gasteiger partial charge in [0, 0.05) is 24.0 Å². The molecule has 2 rings (SSSR count). The van der Waals surface area contributed by atoms with Crippen molar-refractivity contribution in [2.24, 2.45) is 5.41 Å². The average Bonchev–Trinajstić information content (AvgIpc) is 2.35. The number of aromatic amines is 1. The first kappa shape index (κ1) is 17.0. The Hall–Kier alpha value is -2.37. The van der Waals surface area contributed by atoms with Gasteiger partial charge in [0.15, 0.2) is 0 Å². The van der Waals surface area contributed by atoms with E-state index in [-0.39, 0.29) is 21.9 Å². The van der Waals surface area contributed by atoms with Gasteiger partial charge in [-0.15, -0.1) is 0 Å². The monoisotopic (exact) mass is 318 g/mol. The molecule has 6 heteroatoms. The van der Waals surface area contributed by atoms with Gasteiger partial charge in [-0.3, -0.25) is 9.59 Å². The summed E-state index contributed by atoms with van der Waals surface area (Å²) >= 11 is 0. The normalized spacial score (nSPS) is 12.6. The number of aromatic carboxylic acids is 1. The Kier molecular flexibility index (Phi) is 3.96. The third kappa shape index (κ3) is 3.36. The van der Waals surface area contributed by atoms with Crippen molar-refractivity contribution < 1.29 is 9.90 Å². The zero-order chi connectivity index (χ0) is 17.6. The van der Waals surface area contributed by atoms with Crippen LogP contribution in [0.4, 0.5) is 0 Å². The molecule has 0 saturated carbocycles.